The fourth-order valence-electron chi connectivity index (χ4n) is 1.92. The van der Waals surface area contributed by atoms with Crippen molar-refractivity contribution < 1.29 is 14.1 Å². The van der Waals surface area contributed by atoms with E-state index < -0.39 is 4.92 Å². The van der Waals surface area contributed by atoms with Crippen LogP contribution < -0.4 is 5.01 Å². The SMILES string of the molecule is O=C1CC(c2ccc([N+](=O)[O-])o2)=NN1c1ccccc1. The highest BCUT2D eigenvalue weighted by molar-refractivity contribution is 6.18. The van der Waals surface area contributed by atoms with E-state index in [4.69, 9.17) is 4.42 Å². The maximum absolute atomic E-state index is 11.9. The minimum absolute atomic E-state index is 0.0551. The van der Waals surface area contributed by atoms with Crippen LogP contribution in [-0.2, 0) is 4.79 Å². The molecule has 0 fully saturated rings. The van der Waals surface area contributed by atoms with E-state index in [9.17, 15) is 14.9 Å². The summed E-state index contributed by atoms with van der Waals surface area (Å²) in [5.74, 6) is -0.331. The number of benzene rings is 1. The molecule has 0 N–H and O–H groups in total. The van der Waals surface area contributed by atoms with Crippen LogP contribution in [-0.4, -0.2) is 16.5 Å². The van der Waals surface area contributed by atoms with E-state index in [1.165, 1.54) is 17.1 Å². The molecule has 3 rings (SSSR count). The number of nitrogens with zero attached hydrogens (tertiary/aromatic N) is 3. The van der Waals surface area contributed by atoms with Gasteiger partial charge in [-0.05, 0) is 18.2 Å². The van der Waals surface area contributed by atoms with Crippen molar-refractivity contribution in [2.75, 3.05) is 5.01 Å². The highest BCUT2D eigenvalue weighted by Gasteiger charge is 2.28. The van der Waals surface area contributed by atoms with Crippen LogP contribution in [0.4, 0.5) is 11.6 Å². The summed E-state index contributed by atoms with van der Waals surface area (Å²) >= 11 is 0. The fraction of sp³-hybridized carbons (Fsp3) is 0.0769. The lowest BCUT2D eigenvalue weighted by atomic mass is 10.2. The molecule has 0 bridgehead atoms. The third-order valence-corrected chi connectivity index (χ3v) is 2.83. The van der Waals surface area contributed by atoms with Gasteiger partial charge in [-0.3, -0.25) is 14.9 Å². The Morgan fingerprint density at radius 3 is 2.60 bits per heavy atom. The second-order valence-corrected chi connectivity index (χ2v) is 4.16. The predicted molar refractivity (Wildman–Crippen MR) is 70.4 cm³/mol. The van der Waals surface area contributed by atoms with E-state index in [0.29, 0.717) is 11.4 Å². The monoisotopic (exact) mass is 271 g/mol. The third kappa shape index (κ3) is 2.05. The van der Waals surface area contributed by atoms with Gasteiger partial charge in [0.1, 0.15) is 10.6 Å². The first-order valence-electron chi connectivity index (χ1n) is 5.85. The van der Waals surface area contributed by atoms with E-state index in [1.54, 1.807) is 24.3 Å². The van der Waals surface area contributed by atoms with E-state index in [2.05, 4.69) is 5.10 Å². The van der Waals surface area contributed by atoms with Crippen molar-refractivity contribution in [3.05, 3.63) is 58.3 Å². The first-order valence-corrected chi connectivity index (χ1v) is 5.85. The number of hydrogen-bond acceptors (Lipinski definition) is 5. The predicted octanol–water partition coefficient (Wildman–Crippen LogP) is 2.33. The van der Waals surface area contributed by atoms with Crippen LogP contribution in [0.1, 0.15) is 12.2 Å². The fourth-order valence-corrected chi connectivity index (χ4v) is 1.92. The minimum Gasteiger partial charge on any atom is -0.399 e. The van der Waals surface area contributed by atoms with Gasteiger partial charge in [0.15, 0.2) is 5.76 Å². The lowest BCUT2D eigenvalue weighted by Crippen LogP contribution is -2.19. The van der Waals surface area contributed by atoms with Gasteiger partial charge in [0, 0.05) is 0 Å². The molecule has 0 spiro atoms. The average molecular weight is 271 g/mol. The smallest absolute Gasteiger partial charge is 0.399 e. The quantitative estimate of drug-likeness (QED) is 0.633. The van der Waals surface area contributed by atoms with E-state index in [1.807, 2.05) is 6.07 Å². The number of nitro groups is 1. The van der Waals surface area contributed by atoms with Gasteiger partial charge in [0.05, 0.1) is 18.2 Å². The highest BCUT2D eigenvalue weighted by Crippen LogP contribution is 2.24. The van der Waals surface area contributed by atoms with Crippen molar-refractivity contribution in [1.82, 2.24) is 0 Å². The third-order valence-electron chi connectivity index (χ3n) is 2.83. The molecule has 1 aromatic carbocycles. The number of carbonyl (C=O) groups is 1. The van der Waals surface area contributed by atoms with Crippen molar-refractivity contribution in [2.45, 2.75) is 6.42 Å². The Morgan fingerprint density at radius 1 is 1.20 bits per heavy atom. The molecule has 1 aliphatic rings. The molecule has 2 heterocycles. The molecular weight excluding hydrogens is 262 g/mol. The molecule has 1 aromatic heterocycles. The lowest BCUT2D eigenvalue weighted by molar-refractivity contribution is -0.402. The van der Waals surface area contributed by atoms with Crippen molar-refractivity contribution in [3.8, 4) is 0 Å². The number of amides is 1. The van der Waals surface area contributed by atoms with Crippen molar-refractivity contribution in [2.24, 2.45) is 5.10 Å². The molecular formula is C13H9N3O4. The van der Waals surface area contributed by atoms with Crippen molar-refractivity contribution in [1.29, 1.82) is 0 Å². The van der Waals surface area contributed by atoms with Gasteiger partial charge in [-0.15, -0.1) is 0 Å². The minimum atomic E-state index is -0.629. The average Bonchev–Trinajstić information content (AvgIpc) is 3.06. The van der Waals surface area contributed by atoms with Crippen molar-refractivity contribution >= 4 is 23.2 Å². The first kappa shape index (κ1) is 12.1. The van der Waals surface area contributed by atoms with E-state index in [-0.39, 0.29) is 24.0 Å². The maximum Gasteiger partial charge on any atom is 0.433 e. The molecule has 0 radical (unpaired) electrons. The Labute approximate surface area is 113 Å². The molecule has 0 atom stereocenters. The van der Waals surface area contributed by atoms with Crippen LogP contribution in [0.15, 0.2) is 52.0 Å². The zero-order valence-corrected chi connectivity index (χ0v) is 10.2. The zero-order valence-electron chi connectivity index (χ0n) is 10.2. The highest BCUT2D eigenvalue weighted by atomic mass is 16.6. The number of carbonyl (C=O) groups excluding carboxylic acids is 1. The van der Waals surface area contributed by atoms with Crippen LogP contribution in [0.5, 0.6) is 0 Å². The first-order chi connectivity index (χ1) is 9.65. The number of para-hydroxylation sites is 1. The Balaban J connectivity index is 1.92. The molecule has 7 nitrogen and oxygen atoms in total. The lowest BCUT2D eigenvalue weighted by Gasteiger charge is -2.10. The zero-order chi connectivity index (χ0) is 14.1. The molecule has 100 valence electrons. The van der Waals surface area contributed by atoms with Crippen LogP contribution in [0.25, 0.3) is 0 Å². The number of hydrogen-bond donors (Lipinski definition) is 0. The van der Waals surface area contributed by atoms with Gasteiger partial charge in [-0.1, -0.05) is 18.2 Å². The van der Waals surface area contributed by atoms with Gasteiger partial charge in [0.2, 0.25) is 0 Å². The summed E-state index contributed by atoms with van der Waals surface area (Å²) in [4.78, 5) is 21.9. The molecule has 7 heteroatoms. The molecule has 0 saturated heterocycles. The van der Waals surface area contributed by atoms with Crippen LogP contribution in [0.2, 0.25) is 0 Å². The Kier molecular flexibility index (Phi) is 2.79. The van der Waals surface area contributed by atoms with Crippen molar-refractivity contribution in [3.63, 3.8) is 0 Å². The van der Waals surface area contributed by atoms with E-state index >= 15 is 0 Å². The summed E-state index contributed by atoms with van der Waals surface area (Å²) < 4.78 is 5.05. The molecule has 0 saturated carbocycles. The summed E-state index contributed by atoms with van der Waals surface area (Å²) in [7, 11) is 0. The number of hydrazone groups is 1. The van der Waals surface area contributed by atoms with Gasteiger partial charge in [-0.25, -0.2) is 5.01 Å². The second kappa shape index (κ2) is 4.61. The number of furan rings is 1. The van der Waals surface area contributed by atoms with Gasteiger partial charge in [0.25, 0.3) is 5.91 Å². The second-order valence-electron chi connectivity index (χ2n) is 4.16. The molecule has 20 heavy (non-hydrogen) atoms. The Morgan fingerprint density at radius 2 is 1.95 bits per heavy atom. The summed E-state index contributed by atoms with van der Waals surface area (Å²) in [6, 6.07) is 11.6. The molecule has 0 unspecified atom stereocenters. The van der Waals surface area contributed by atoms with Crippen LogP contribution >= 0.6 is 0 Å². The molecule has 2 aromatic rings. The van der Waals surface area contributed by atoms with E-state index in [0.717, 1.165) is 0 Å². The summed E-state index contributed by atoms with van der Waals surface area (Å²) in [6.45, 7) is 0. The summed E-state index contributed by atoms with van der Waals surface area (Å²) in [5, 5.41) is 16.0. The largest absolute Gasteiger partial charge is 0.433 e. The van der Waals surface area contributed by atoms with Crippen LogP contribution in [0, 0.1) is 10.1 Å². The van der Waals surface area contributed by atoms with Gasteiger partial charge < -0.3 is 4.42 Å². The van der Waals surface area contributed by atoms with Gasteiger partial charge >= 0.3 is 5.88 Å². The van der Waals surface area contributed by atoms with Crippen LogP contribution in [0.3, 0.4) is 0 Å². The number of rotatable bonds is 3. The van der Waals surface area contributed by atoms with Gasteiger partial charge in [-0.2, -0.15) is 5.10 Å². The normalized spacial score (nSPS) is 14.5. The maximum atomic E-state index is 11.9. The Bertz CT molecular complexity index is 705. The number of anilines is 1. The molecule has 1 aliphatic heterocycles. The Hall–Kier alpha value is -2.96. The summed E-state index contributed by atoms with van der Waals surface area (Å²) in [5.41, 5.74) is 1.03. The molecule has 0 aliphatic carbocycles. The summed E-state index contributed by atoms with van der Waals surface area (Å²) in [6.07, 6.45) is 0.0551. The topological polar surface area (TPSA) is 88.9 Å². The standard InChI is InChI=1S/C13H9N3O4/c17-12-8-10(11-6-7-13(20-11)16(18)19)14-15(12)9-4-2-1-3-5-9/h1-7H,8H2. The molecule has 1 amide bonds.